The third-order valence-electron chi connectivity index (χ3n) is 2.32. The van der Waals surface area contributed by atoms with Crippen LogP contribution >= 0.6 is 0 Å². The first kappa shape index (κ1) is 9.61. The van der Waals surface area contributed by atoms with E-state index in [4.69, 9.17) is 9.26 Å². The summed E-state index contributed by atoms with van der Waals surface area (Å²) in [6.45, 7) is 4.53. The molecule has 0 aromatic carbocycles. The molecule has 5 heteroatoms. The monoisotopic (exact) mass is 197 g/mol. The minimum absolute atomic E-state index is 0.200. The van der Waals surface area contributed by atoms with Gasteiger partial charge in [-0.05, 0) is 7.05 Å². The molecule has 2 rings (SSSR count). The van der Waals surface area contributed by atoms with Gasteiger partial charge in [-0.25, -0.2) is 0 Å². The first-order valence-electron chi connectivity index (χ1n) is 4.83. The number of nitrogens with zero attached hydrogens (tertiary/aromatic N) is 3. The summed E-state index contributed by atoms with van der Waals surface area (Å²) >= 11 is 0. The molecular formula is C9H15N3O2. The summed E-state index contributed by atoms with van der Waals surface area (Å²) in [5.74, 6) is 1.35. The number of hydrogen-bond donors (Lipinski definition) is 0. The summed E-state index contributed by atoms with van der Waals surface area (Å²) in [5.41, 5.74) is 0. The molecule has 1 aromatic rings. The lowest BCUT2D eigenvalue weighted by atomic mass is 10.2. The fraction of sp³-hybridized carbons (Fsp3) is 0.778. The van der Waals surface area contributed by atoms with E-state index in [2.05, 4.69) is 22.1 Å². The third kappa shape index (κ3) is 2.30. The maximum atomic E-state index is 5.60. The van der Waals surface area contributed by atoms with E-state index >= 15 is 0 Å². The average molecular weight is 197 g/mol. The zero-order valence-electron chi connectivity index (χ0n) is 8.56. The number of morpholine rings is 1. The summed E-state index contributed by atoms with van der Waals surface area (Å²) < 4.78 is 10.5. The lowest BCUT2D eigenvalue weighted by Gasteiger charge is -2.29. The zero-order chi connectivity index (χ0) is 9.97. The Balaban J connectivity index is 1.90. The van der Waals surface area contributed by atoms with Gasteiger partial charge in [0.25, 0.3) is 0 Å². The van der Waals surface area contributed by atoms with Crippen molar-refractivity contribution in [1.29, 1.82) is 0 Å². The number of likely N-dealkylation sites (N-methyl/N-ethyl adjacent to an activating group) is 1. The molecular weight excluding hydrogens is 182 g/mol. The number of rotatable bonds is 2. The van der Waals surface area contributed by atoms with Crippen molar-refractivity contribution in [3.8, 4) is 0 Å². The van der Waals surface area contributed by atoms with Crippen LogP contribution < -0.4 is 0 Å². The first-order chi connectivity index (χ1) is 6.74. The second-order valence-electron chi connectivity index (χ2n) is 3.69. The largest absolute Gasteiger partial charge is 0.375 e. The lowest BCUT2D eigenvalue weighted by Crippen LogP contribution is -2.41. The highest BCUT2D eigenvalue weighted by Gasteiger charge is 2.19. The van der Waals surface area contributed by atoms with Crippen molar-refractivity contribution in [2.45, 2.75) is 19.4 Å². The molecule has 1 atom stereocenters. The minimum atomic E-state index is 0.200. The molecule has 2 heterocycles. The maximum absolute atomic E-state index is 5.60. The zero-order valence-corrected chi connectivity index (χ0v) is 8.56. The summed E-state index contributed by atoms with van der Waals surface area (Å²) in [6.07, 6.45) is 0.938. The smallest absolute Gasteiger partial charge is 0.223 e. The minimum Gasteiger partial charge on any atom is -0.375 e. The highest BCUT2D eigenvalue weighted by atomic mass is 16.5. The molecule has 1 aliphatic heterocycles. The Morgan fingerprint density at radius 1 is 1.57 bits per heavy atom. The fourth-order valence-corrected chi connectivity index (χ4v) is 1.62. The fourth-order valence-electron chi connectivity index (χ4n) is 1.62. The quantitative estimate of drug-likeness (QED) is 0.680. The van der Waals surface area contributed by atoms with Crippen LogP contribution in [0.4, 0.5) is 0 Å². The topological polar surface area (TPSA) is 51.4 Å². The van der Waals surface area contributed by atoms with Crippen molar-refractivity contribution in [2.24, 2.45) is 0 Å². The van der Waals surface area contributed by atoms with Crippen molar-refractivity contribution in [3.05, 3.63) is 11.7 Å². The summed E-state index contributed by atoms with van der Waals surface area (Å²) in [4.78, 5) is 6.40. The van der Waals surface area contributed by atoms with Gasteiger partial charge in [-0.2, -0.15) is 4.98 Å². The molecule has 5 nitrogen and oxygen atoms in total. The van der Waals surface area contributed by atoms with Crippen LogP contribution in [0.15, 0.2) is 4.52 Å². The van der Waals surface area contributed by atoms with Gasteiger partial charge in [0.1, 0.15) is 0 Å². The van der Waals surface area contributed by atoms with Crippen LogP contribution in [0.2, 0.25) is 0 Å². The molecule has 1 unspecified atom stereocenters. The summed E-state index contributed by atoms with van der Waals surface area (Å²) in [6, 6.07) is 0. The predicted octanol–water partition coefficient (Wildman–Crippen LogP) is 0.251. The van der Waals surface area contributed by atoms with Crippen molar-refractivity contribution in [2.75, 3.05) is 26.7 Å². The summed E-state index contributed by atoms with van der Waals surface area (Å²) in [7, 11) is 2.09. The van der Waals surface area contributed by atoms with Crippen molar-refractivity contribution < 1.29 is 9.26 Å². The van der Waals surface area contributed by atoms with Gasteiger partial charge >= 0.3 is 0 Å². The van der Waals surface area contributed by atoms with E-state index in [1.165, 1.54) is 0 Å². The van der Waals surface area contributed by atoms with Gasteiger partial charge in [-0.1, -0.05) is 5.16 Å². The van der Waals surface area contributed by atoms with Crippen LogP contribution in [0.5, 0.6) is 0 Å². The Hall–Kier alpha value is -0.940. The second kappa shape index (κ2) is 4.06. The SMILES string of the molecule is Cc1nc(CC2CN(C)CCO2)no1. The van der Waals surface area contributed by atoms with Gasteiger partial charge in [0.2, 0.25) is 5.89 Å². The number of ether oxygens (including phenoxy) is 1. The molecule has 1 aromatic heterocycles. The first-order valence-corrected chi connectivity index (χ1v) is 4.83. The Labute approximate surface area is 83.0 Å². The van der Waals surface area contributed by atoms with Gasteiger partial charge in [0.05, 0.1) is 12.7 Å². The van der Waals surface area contributed by atoms with Crippen LogP contribution in [-0.2, 0) is 11.2 Å². The van der Waals surface area contributed by atoms with Crippen LogP contribution in [0.25, 0.3) is 0 Å². The highest BCUT2D eigenvalue weighted by Crippen LogP contribution is 2.08. The molecule has 0 bridgehead atoms. The van der Waals surface area contributed by atoms with E-state index < -0.39 is 0 Å². The van der Waals surface area contributed by atoms with Gasteiger partial charge in [0.15, 0.2) is 5.82 Å². The number of aromatic nitrogens is 2. The van der Waals surface area contributed by atoms with Crippen molar-refractivity contribution in [1.82, 2.24) is 15.0 Å². The molecule has 0 aliphatic carbocycles. The van der Waals surface area contributed by atoms with Crippen LogP contribution in [0, 0.1) is 6.92 Å². The number of aryl methyl sites for hydroxylation is 1. The number of hydrogen-bond acceptors (Lipinski definition) is 5. The Morgan fingerprint density at radius 2 is 2.43 bits per heavy atom. The molecule has 0 amide bonds. The second-order valence-corrected chi connectivity index (χ2v) is 3.69. The summed E-state index contributed by atoms with van der Waals surface area (Å²) in [5, 5.41) is 3.85. The molecule has 78 valence electrons. The van der Waals surface area contributed by atoms with Gasteiger partial charge < -0.3 is 14.2 Å². The van der Waals surface area contributed by atoms with Crippen molar-refractivity contribution >= 4 is 0 Å². The van der Waals surface area contributed by atoms with E-state index in [1.807, 2.05) is 0 Å². The molecule has 0 spiro atoms. The molecule has 1 fully saturated rings. The lowest BCUT2D eigenvalue weighted by molar-refractivity contribution is -0.0197. The van der Waals surface area contributed by atoms with E-state index in [0.29, 0.717) is 5.89 Å². The van der Waals surface area contributed by atoms with Crippen LogP contribution in [0.1, 0.15) is 11.7 Å². The van der Waals surface area contributed by atoms with E-state index in [0.717, 1.165) is 31.9 Å². The average Bonchev–Trinajstić information content (AvgIpc) is 2.51. The third-order valence-corrected chi connectivity index (χ3v) is 2.32. The van der Waals surface area contributed by atoms with Crippen LogP contribution in [0.3, 0.4) is 0 Å². The van der Waals surface area contributed by atoms with Gasteiger partial charge in [0, 0.05) is 26.4 Å². The highest BCUT2D eigenvalue weighted by molar-refractivity contribution is 4.88. The molecule has 0 saturated carbocycles. The van der Waals surface area contributed by atoms with E-state index in [9.17, 15) is 0 Å². The standard InChI is InChI=1S/C9H15N3O2/c1-7-10-9(11-14-7)5-8-6-12(2)3-4-13-8/h8H,3-6H2,1-2H3. The van der Waals surface area contributed by atoms with E-state index in [1.54, 1.807) is 6.92 Å². The maximum Gasteiger partial charge on any atom is 0.223 e. The Morgan fingerprint density at radius 3 is 3.07 bits per heavy atom. The molecule has 0 radical (unpaired) electrons. The molecule has 1 aliphatic rings. The van der Waals surface area contributed by atoms with Crippen LogP contribution in [-0.4, -0.2) is 47.9 Å². The Bertz CT molecular complexity index is 300. The Kier molecular flexibility index (Phi) is 2.79. The molecule has 1 saturated heterocycles. The normalized spacial score (nSPS) is 24.0. The molecule has 0 N–H and O–H groups in total. The van der Waals surface area contributed by atoms with Crippen molar-refractivity contribution in [3.63, 3.8) is 0 Å². The molecule has 14 heavy (non-hydrogen) atoms. The van der Waals surface area contributed by atoms with E-state index in [-0.39, 0.29) is 6.10 Å². The van der Waals surface area contributed by atoms with Gasteiger partial charge in [-0.15, -0.1) is 0 Å². The predicted molar refractivity (Wildman–Crippen MR) is 50.0 cm³/mol. The van der Waals surface area contributed by atoms with Gasteiger partial charge in [-0.3, -0.25) is 0 Å².